The lowest BCUT2D eigenvalue weighted by Crippen LogP contribution is -2.52. The molecule has 2 fully saturated rings. The number of carbonyl (C=O) groups excluding carboxylic acids is 2. The Kier molecular flexibility index (Phi) is 10.6. The summed E-state index contributed by atoms with van der Waals surface area (Å²) in [7, 11) is 0. The molecular weight excluding hydrogens is 362 g/mol. The molecule has 1 saturated carbocycles. The van der Waals surface area contributed by atoms with Gasteiger partial charge in [-0.15, -0.1) is 0 Å². The summed E-state index contributed by atoms with van der Waals surface area (Å²) in [6.45, 7) is 15.7. The zero-order chi connectivity index (χ0) is 21.2. The van der Waals surface area contributed by atoms with E-state index in [1.54, 1.807) is 0 Å². The first kappa shape index (κ1) is 24.3. The lowest BCUT2D eigenvalue weighted by atomic mass is 9.73. The van der Waals surface area contributed by atoms with E-state index < -0.39 is 0 Å². The number of nitrogens with zero attached hydrogens (tertiary/aromatic N) is 3. The fourth-order valence-electron chi connectivity index (χ4n) is 5.52. The Balaban J connectivity index is 1.91. The molecule has 0 aromatic rings. The van der Waals surface area contributed by atoms with Crippen molar-refractivity contribution in [1.29, 1.82) is 0 Å². The van der Waals surface area contributed by atoms with Crippen LogP contribution >= 0.6 is 0 Å². The van der Waals surface area contributed by atoms with E-state index in [0.29, 0.717) is 36.0 Å². The van der Waals surface area contributed by atoms with Crippen molar-refractivity contribution < 1.29 is 9.59 Å². The van der Waals surface area contributed by atoms with E-state index in [9.17, 15) is 9.59 Å². The van der Waals surface area contributed by atoms with Gasteiger partial charge in [0.25, 0.3) is 0 Å². The normalized spacial score (nSPS) is 25.3. The van der Waals surface area contributed by atoms with Crippen LogP contribution in [0.1, 0.15) is 79.1 Å². The Labute approximate surface area is 179 Å². The first-order valence-corrected chi connectivity index (χ1v) is 12.3. The molecule has 1 aliphatic heterocycles. The van der Waals surface area contributed by atoms with Gasteiger partial charge >= 0.3 is 0 Å². The smallest absolute Gasteiger partial charge is 0.222 e. The zero-order valence-electron chi connectivity index (χ0n) is 19.5. The fourth-order valence-corrected chi connectivity index (χ4v) is 5.52. The maximum absolute atomic E-state index is 13.1. The topological polar surface area (TPSA) is 43.9 Å². The molecule has 0 N–H and O–H groups in total. The van der Waals surface area contributed by atoms with Crippen molar-refractivity contribution in [2.75, 3.05) is 45.8 Å². The number of likely N-dealkylation sites (N-methyl/N-ethyl adjacent to an activating group) is 1. The van der Waals surface area contributed by atoms with Crippen molar-refractivity contribution in [1.82, 2.24) is 14.7 Å². The molecule has 2 aliphatic rings. The van der Waals surface area contributed by atoms with Gasteiger partial charge in [0.05, 0.1) is 0 Å². The van der Waals surface area contributed by atoms with Gasteiger partial charge < -0.3 is 9.80 Å². The number of likely N-dealkylation sites (tertiary alicyclic amines) is 1. The third kappa shape index (κ3) is 7.36. The largest absolute Gasteiger partial charge is 0.342 e. The Morgan fingerprint density at radius 1 is 1.03 bits per heavy atom. The Morgan fingerprint density at radius 3 is 2.38 bits per heavy atom. The van der Waals surface area contributed by atoms with Gasteiger partial charge in [0.2, 0.25) is 5.91 Å². The van der Waals surface area contributed by atoms with Crippen LogP contribution in [-0.2, 0) is 9.59 Å². The van der Waals surface area contributed by atoms with Gasteiger partial charge in [0.15, 0.2) is 0 Å². The van der Waals surface area contributed by atoms with E-state index >= 15 is 0 Å². The van der Waals surface area contributed by atoms with Crippen molar-refractivity contribution >= 4 is 11.7 Å². The fraction of sp³-hybridized carbons (Fsp3) is 0.917. The number of amides is 1. The molecular formula is C24H45N3O2. The van der Waals surface area contributed by atoms with E-state index in [1.807, 2.05) is 0 Å². The minimum Gasteiger partial charge on any atom is -0.342 e. The summed E-state index contributed by atoms with van der Waals surface area (Å²) in [6, 6.07) is 0.568. The van der Waals surface area contributed by atoms with Crippen LogP contribution < -0.4 is 0 Å². The molecule has 0 unspecified atom stereocenters. The molecule has 2 rings (SSSR count). The number of hydrogen-bond acceptors (Lipinski definition) is 4. The molecule has 1 aliphatic carbocycles. The number of fused-ring (bicyclic) bond motifs is 1. The number of carbonyl (C=O) groups is 2. The van der Waals surface area contributed by atoms with Crippen molar-refractivity contribution in [3.8, 4) is 0 Å². The summed E-state index contributed by atoms with van der Waals surface area (Å²) >= 11 is 0. The van der Waals surface area contributed by atoms with Crippen LogP contribution in [0, 0.1) is 11.8 Å². The van der Waals surface area contributed by atoms with Crippen molar-refractivity contribution in [3.63, 3.8) is 0 Å². The van der Waals surface area contributed by atoms with Gasteiger partial charge in [-0.25, -0.2) is 0 Å². The molecule has 0 spiro atoms. The number of hydrogen-bond donors (Lipinski definition) is 0. The highest BCUT2D eigenvalue weighted by molar-refractivity contribution is 5.79. The molecule has 5 nitrogen and oxygen atoms in total. The highest BCUT2D eigenvalue weighted by Gasteiger charge is 2.39. The van der Waals surface area contributed by atoms with Crippen LogP contribution in [0.4, 0.5) is 0 Å². The highest BCUT2D eigenvalue weighted by atomic mass is 16.2. The van der Waals surface area contributed by atoms with Gasteiger partial charge in [-0.3, -0.25) is 14.5 Å². The molecule has 5 heteroatoms. The number of ketones is 1. The van der Waals surface area contributed by atoms with Crippen LogP contribution in [0.3, 0.4) is 0 Å². The van der Waals surface area contributed by atoms with Crippen LogP contribution in [0.25, 0.3) is 0 Å². The standard InChI is InChI=1S/C24H45N3O2/c1-5-11-25(12-6-2)14-15-26(8-4)24(29)17-20-16-21-18-22(28)9-10-23(21)27(19-20)13-7-3/h20-21,23H,5-19H2,1-4H3/t20-,21-,23-/m1/s1. The monoisotopic (exact) mass is 407 g/mol. The number of Topliss-reactive ketones (excluding diaryl/α,β-unsaturated/α-hetero) is 1. The van der Waals surface area contributed by atoms with Crippen molar-refractivity contribution in [2.24, 2.45) is 11.8 Å². The quantitative estimate of drug-likeness (QED) is 0.493. The highest BCUT2D eigenvalue weighted by Crippen LogP contribution is 2.37. The Bertz CT molecular complexity index is 504. The predicted molar refractivity (Wildman–Crippen MR) is 120 cm³/mol. The minimum absolute atomic E-state index is 0.308. The molecule has 0 bridgehead atoms. The lowest BCUT2D eigenvalue weighted by Gasteiger charge is -2.47. The third-order valence-corrected chi connectivity index (χ3v) is 6.83. The molecule has 168 valence electrons. The summed E-state index contributed by atoms with van der Waals surface area (Å²) in [5.74, 6) is 1.60. The maximum atomic E-state index is 13.1. The third-order valence-electron chi connectivity index (χ3n) is 6.83. The minimum atomic E-state index is 0.308. The second-order valence-electron chi connectivity index (χ2n) is 9.22. The summed E-state index contributed by atoms with van der Waals surface area (Å²) in [5.41, 5.74) is 0. The van der Waals surface area contributed by atoms with Crippen LogP contribution in [0.5, 0.6) is 0 Å². The van der Waals surface area contributed by atoms with Gasteiger partial charge in [-0.05, 0) is 70.5 Å². The second kappa shape index (κ2) is 12.7. The molecule has 1 heterocycles. The van der Waals surface area contributed by atoms with Crippen LogP contribution in [-0.4, -0.2) is 78.2 Å². The predicted octanol–water partition coefficient (Wildman–Crippen LogP) is 3.82. The van der Waals surface area contributed by atoms with E-state index in [1.165, 1.54) is 0 Å². The van der Waals surface area contributed by atoms with Crippen molar-refractivity contribution in [3.05, 3.63) is 0 Å². The average molecular weight is 408 g/mol. The lowest BCUT2D eigenvalue weighted by molar-refractivity contribution is -0.133. The van der Waals surface area contributed by atoms with Gasteiger partial charge in [-0.2, -0.15) is 0 Å². The average Bonchev–Trinajstić information content (AvgIpc) is 2.68. The molecule has 0 aromatic heterocycles. The Morgan fingerprint density at radius 2 is 1.76 bits per heavy atom. The van der Waals surface area contributed by atoms with E-state index in [0.717, 1.165) is 90.8 Å². The van der Waals surface area contributed by atoms with E-state index in [4.69, 9.17) is 0 Å². The molecule has 0 radical (unpaired) electrons. The molecule has 1 saturated heterocycles. The number of rotatable bonds is 12. The van der Waals surface area contributed by atoms with E-state index in [2.05, 4.69) is 42.4 Å². The first-order chi connectivity index (χ1) is 14.0. The van der Waals surface area contributed by atoms with Crippen LogP contribution in [0.15, 0.2) is 0 Å². The summed E-state index contributed by atoms with van der Waals surface area (Å²) < 4.78 is 0. The zero-order valence-corrected chi connectivity index (χ0v) is 19.5. The summed E-state index contributed by atoms with van der Waals surface area (Å²) in [4.78, 5) is 32.2. The molecule has 1 amide bonds. The number of piperidine rings is 1. The molecule has 3 atom stereocenters. The maximum Gasteiger partial charge on any atom is 0.222 e. The summed E-state index contributed by atoms with van der Waals surface area (Å²) in [6.07, 6.45) is 7.67. The SMILES string of the molecule is CCCN(CCC)CCN(CC)C(=O)C[C@H]1C[C@@H]2CC(=O)CC[C@H]2N(CCC)C1. The first-order valence-electron chi connectivity index (χ1n) is 12.3. The Hall–Kier alpha value is -0.940. The molecule has 29 heavy (non-hydrogen) atoms. The molecule has 0 aromatic carbocycles. The van der Waals surface area contributed by atoms with Gasteiger partial charge in [0.1, 0.15) is 5.78 Å². The van der Waals surface area contributed by atoms with Gasteiger partial charge in [0, 0.05) is 51.5 Å². The second-order valence-corrected chi connectivity index (χ2v) is 9.22. The summed E-state index contributed by atoms with van der Waals surface area (Å²) in [5, 5.41) is 0. The van der Waals surface area contributed by atoms with Crippen molar-refractivity contribution in [2.45, 2.75) is 85.1 Å². The van der Waals surface area contributed by atoms with Crippen LogP contribution in [0.2, 0.25) is 0 Å². The van der Waals surface area contributed by atoms with Gasteiger partial charge in [-0.1, -0.05) is 20.8 Å². The van der Waals surface area contributed by atoms with E-state index in [-0.39, 0.29) is 0 Å².